The van der Waals surface area contributed by atoms with E-state index in [0.717, 1.165) is 0 Å². The van der Waals surface area contributed by atoms with Gasteiger partial charge in [-0.1, -0.05) is 0 Å². The summed E-state index contributed by atoms with van der Waals surface area (Å²) in [7, 11) is 1.50. The number of carbonyl (C=O) groups excluding carboxylic acids is 2. The van der Waals surface area contributed by atoms with Crippen LogP contribution in [0.1, 0.15) is 13.8 Å². The van der Waals surface area contributed by atoms with Gasteiger partial charge in [-0.25, -0.2) is 4.79 Å². The van der Waals surface area contributed by atoms with E-state index >= 15 is 0 Å². The fraction of sp³-hybridized carbons (Fsp3) is 0.769. The van der Waals surface area contributed by atoms with E-state index in [0.29, 0.717) is 13.1 Å². The lowest BCUT2D eigenvalue weighted by Gasteiger charge is -2.25. The predicted molar refractivity (Wildman–Crippen MR) is 74.8 cm³/mol. The van der Waals surface area contributed by atoms with E-state index in [4.69, 9.17) is 9.84 Å². The van der Waals surface area contributed by atoms with Crippen molar-refractivity contribution in [3.05, 3.63) is 0 Å². The third kappa shape index (κ3) is 4.59. The Bertz CT molecular complexity index is 397. The minimum atomic E-state index is -1.00. The molecule has 120 valence electrons. The number of ether oxygens (including phenoxy) is 1. The average Bonchev–Trinajstić information content (AvgIpc) is 2.88. The first-order valence-electron chi connectivity index (χ1n) is 7.00. The Morgan fingerprint density at radius 3 is 2.38 bits per heavy atom. The SMILES string of the molecule is CCN(CC)C(=O)CN(C)C(=O)NC1COCC1C(=O)O. The van der Waals surface area contributed by atoms with Crippen LogP contribution in [0, 0.1) is 5.92 Å². The van der Waals surface area contributed by atoms with Crippen LogP contribution >= 0.6 is 0 Å². The van der Waals surface area contributed by atoms with Gasteiger partial charge in [-0.15, -0.1) is 0 Å². The summed E-state index contributed by atoms with van der Waals surface area (Å²) >= 11 is 0. The maximum Gasteiger partial charge on any atom is 0.317 e. The van der Waals surface area contributed by atoms with E-state index in [1.165, 1.54) is 11.9 Å². The Balaban J connectivity index is 2.51. The standard InChI is InChI=1S/C13H23N3O5/c1-4-16(5-2)11(17)6-15(3)13(20)14-10-8-21-7-9(10)12(18)19/h9-10H,4-8H2,1-3H3,(H,14,20)(H,18,19). The van der Waals surface area contributed by atoms with Crippen LogP contribution in [0.25, 0.3) is 0 Å². The Kier molecular flexibility index (Phi) is 6.41. The van der Waals surface area contributed by atoms with Gasteiger partial charge in [0.1, 0.15) is 12.5 Å². The molecule has 2 unspecified atom stereocenters. The molecule has 8 heteroatoms. The van der Waals surface area contributed by atoms with Crippen LogP contribution in [0.5, 0.6) is 0 Å². The molecule has 0 bridgehead atoms. The zero-order valence-corrected chi connectivity index (χ0v) is 12.7. The molecule has 1 saturated heterocycles. The molecule has 2 N–H and O–H groups in total. The molecule has 1 aliphatic heterocycles. The van der Waals surface area contributed by atoms with Crippen LogP contribution in [-0.2, 0) is 14.3 Å². The van der Waals surface area contributed by atoms with E-state index in [2.05, 4.69) is 5.32 Å². The second kappa shape index (κ2) is 7.82. The highest BCUT2D eigenvalue weighted by molar-refractivity contribution is 5.84. The number of carboxylic acid groups (broad SMARTS) is 1. The van der Waals surface area contributed by atoms with Crippen LogP contribution in [0.15, 0.2) is 0 Å². The number of urea groups is 1. The molecule has 0 aromatic carbocycles. The summed E-state index contributed by atoms with van der Waals surface area (Å²) in [6, 6.07) is -1.04. The lowest BCUT2D eigenvalue weighted by Crippen LogP contribution is -2.50. The molecule has 3 amide bonds. The quantitative estimate of drug-likeness (QED) is 0.695. The van der Waals surface area contributed by atoms with E-state index in [-0.39, 0.29) is 25.7 Å². The summed E-state index contributed by atoms with van der Waals surface area (Å²) in [5, 5.41) is 11.6. The fourth-order valence-corrected chi connectivity index (χ4v) is 2.16. The second-order valence-corrected chi connectivity index (χ2v) is 4.96. The molecule has 0 aliphatic carbocycles. The van der Waals surface area contributed by atoms with Crippen molar-refractivity contribution < 1.29 is 24.2 Å². The van der Waals surface area contributed by atoms with Gasteiger partial charge in [-0.3, -0.25) is 9.59 Å². The summed E-state index contributed by atoms with van der Waals surface area (Å²) in [6.07, 6.45) is 0. The summed E-state index contributed by atoms with van der Waals surface area (Å²) in [5.41, 5.74) is 0. The molecule has 0 spiro atoms. The van der Waals surface area contributed by atoms with Crippen molar-refractivity contribution in [1.29, 1.82) is 0 Å². The van der Waals surface area contributed by atoms with Crippen molar-refractivity contribution >= 4 is 17.9 Å². The molecule has 1 rings (SSSR count). The van der Waals surface area contributed by atoms with Crippen molar-refractivity contribution in [3.63, 3.8) is 0 Å². The maximum atomic E-state index is 12.0. The summed E-state index contributed by atoms with van der Waals surface area (Å²) in [6.45, 7) is 5.12. The zero-order valence-electron chi connectivity index (χ0n) is 12.7. The molecule has 0 aromatic rings. The molecule has 0 aromatic heterocycles. The second-order valence-electron chi connectivity index (χ2n) is 4.96. The molecule has 21 heavy (non-hydrogen) atoms. The van der Waals surface area contributed by atoms with E-state index in [1.54, 1.807) is 4.90 Å². The van der Waals surface area contributed by atoms with Crippen LogP contribution in [0.3, 0.4) is 0 Å². The minimum absolute atomic E-state index is 0.0428. The molecule has 1 aliphatic rings. The number of carboxylic acids is 1. The van der Waals surface area contributed by atoms with Crippen molar-refractivity contribution in [2.75, 3.05) is 39.9 Å². The van der Waals surface area contributed by atoms with Crippen LogP contribution in [-0.4, -0.2) is 78.8 Å². The summed E-state index contributed by atoms with van der Waals surface area (Å²) in [4.78, 5) is 37.8. The first-order chi connectivity index (χ1) is 9.90. The number of aliphatic carboxylic acids is 1. The molecule has 2 atom stereocenters. The van der Waals surface area contributed by atoms with Crippen molar-refractivity contribution in [2.24, 2.45) is 5.92 Å². The summed E-state index contributed by atoms with van der Waals surface area (Å²) < 4.78 is 5.08. The smallest absolute Gasteiger partial charge is 0.317 e. The number of likely N-dealkylation sites (N-methyl/N-ethyl adjacent to an activating group) is 2. The predicted octanol–water partition coefficient (Wildman–Crippen LogP) is -0.404. The highest BCUT2D eigenvalue weighted by atomic mass is 16.5. The Hall–Kier alpha value is -1.83. The number of nitrogens with zero attached hydrogens (tertiary/aromatic N) is 2. The number of hydrogen-bond acceptors (Lipinski definition) is 4. The molecule has 1 fully saturated rings. The van der Waals surface area contributed by atoms with Crippen molar-refractivity contribution in [1.82, 2.24) is 15.1 Å². The molecule has 1 heterocycles. The van der Waals surface area contributed by atoms with E-state index < -0.39 is 24.0 Å². The first-order valence-corrected chi connectivity index (χ1v) is 7.00. The van der Waals surface area contributed by atoms with E-state index in [9.17, 15) is 14.4 Å². The number of carbonyl (C=O) groups is 3. The van der Waals surface area contributed by atoms with Gasteiger partial charge in [-0.2, -0.15) is 0 Å². The third-order valence-corrected chi connectivity index (χ3v) is 3.54. The van der Waals surface area contributed by atoms with Crippen molar-refractivity contribution in [2.45, 2.75) is 19.9 Å². The number of nitrogens with one attached hydrogen (secondary N) is 1. The van der Waals surface area contributed by atoms with Crippen LogP contribution < -0.4 is 5.32 Å². The molecule has 0 saturated carbocycles. The Labute approximate surface area is 124 Å². The fourth-order valence-electron chi connectivity index (χ4n) is 2.16. The number of rotatable bonds is 6. The molecular weight excluding hydrogens is 278 g/mol. The minimum Gasteiger partial charge on any atom is -0.481 e. The van der Waals surface area contributed by atoms with Gasteiger partial charge < -0.3 is 25.0 Å². The van der Waals surface area contributed by atoms with Gasteiger partial charge in [0.05, 0.1) is 19.3 Å². The number of amides is 3. The van der Waals surface area contributed by atoms with Gasteiger partial charge in [0, 0.05) is 20.1 Å². The summed E-state index contributed by atoms with van der Waals surface area (Å²) in [5.74, 6) is -1.89. The molecular formula is C13H23N3O5. The van der Waals surface area contributed by atoms with Gasteiger partial charge in [-0.05, 0) is 13.8 Å². The maximum absolute atomic E-state index is 12.0. The van der Waals surface area contributed by atoms with Gasteiger partial charge in [0.15, 0.2) is 0 Å². The molecule has 0 radical (unpaired) electrons. The lowest BCUT2D eigenvalue weighted by atomic mass is 10.0. The van der Waals surface area contributed by atoms with E-state index in [1.807, 2.05) is 13.8 Å². The first kappa shape index (κ1) is 17.2. The monoisotopic (exact) mass is 301 g/mol. The lowest BCUT2D eigenvalue weighted by molar-refractivity contribution is -0.142. The van der Waals surface area contributed by atoms with Crippen LogP contribution in [0.4, 0.5) is 4.79 Å². The highest BCUT2D eigenvalue weighted by Gasteiger charge is 2.35. The highest BCUT2D eigenvalue weighted by Crippen LogP contribution is 2.14. The molecule has 8 nitrogen and oxygen atoms in total. The van der Waals surface area contributed by atoms with Gasteiger partial charge in [0.2, 0.25) is 5.91 Å². The van der Waals surface area contributed by atoms with Crippen LogP contribution in [0.2, 0.25) is 0 Å². The Morgan fingerprint density at radius 1 is 1.24 bits per heavy atom. The van der Waals surface area contributed by atoms with Gasteiger partial charge >= 0.3 is 12.0 Å². The zero-order chi connectivity index (χ0) is 16.0. The average molecular weight is 301 g/mol. The topological polar surface area (TPSA) is 99.2 Å². The van der Waals surface area contributed by atoms with Gasteiger partial charge in [0.25, 0.3) is 0 Å². The number of hydrogen-bond donors (Lipinski definition) is 2. The Morgan fingerprint density at radius 2 is 1.86 bits per heavy atom. The largest absolute Gasteiger partial charge is 0.481 e. The van der Waals surface area contributed by atoms with Crippen molar-refractivity contribution in [3.8, 4) is 0 Å². The normalized spacial score (nSPS) is 20.9. The third-order valence-electron chi connectivity index (χ3n) is 3.54.